The molecule has 0 unspecified atom stereocenters. The largest absolute Gasteiger partial charge is 0.292 e. The molecule has 1 N–H and O–H groups in total. The Morgan fingerprint density at radius 3 is 2.31 bits per heavy atom. The van der Waals surface area contributed by atoms with Crippen LogP contribution in [0.15, 0.2) is 60.7 Å². The molecule has 3 rings (SSSR count). The maximum Gasteiger partial charge on any atom is 0.241 e. The van der Waals surface area contributed by atoms with E-state index in [0.29, 0.717) is 13.1 Å². The van der Waals surface area contributed by atoms with Gasteiger partial charge in [0, 0.05) is 5.92 Å². The van der Waals surface area contributed by atoms with E-state index in [1.54, 1.807) is 0 Å². The number of carbonyl (C=O) groups excluding carboxylic acids is 1. The van der Waals surface area contributed by atoms with Gasteiger partial charge in [0.15, 0.2) is 0 Å². The third-order valence-corrected chi connectivity index (χ3v) is 4.77. The Bertz CT molecular complexity index is 731. The van der Waals surface area contributed by atoms with Crippen molar-refractivity contribution in [2.75, 3.05) is 24.6 Å². The van der Waals surface area contributed by atoms with Crippen molar-refractivity contribution in [3.05, 3.63) is 66.2 Å². The van der Waals surface area contributed by atoms with Crippen LogP contribution in [0.25, 0.3) is 0 Å². The highest BCUT2D eigenvalue weighted by molar-refractivity contribution is 5.80. The van der Waals surface area contributed by atoms with Crippen LogP contribution < -0.4 is 10.4 Å². The minimum absolute atomic E-state index is 0.0333. The highest BCUT2D eigenvalue weighted by atomic mass is 16.2. The number of terminal acetylenes is 1. The maximum atomic E-state index is 12.8. The molecule has 134 valence electrons. The number of benzene rings is 2. The van der Waals surface area contributed by atoms with Crippen molar-refractivity contribution in [1.29, 1.82) is 0 Å². The first-order chi connectivity index (χ1) is 12.8. The average molecular weight is 347 g/mol. The van der Waals surface area contributed by atoms with Crippen LogP contribution >= 0.6 is 0 Å². The fraction of sp³-hybridized carbons (Fsp3) is 0.318. The summed E-state index contributed by atoms with van der Waals surface area (Å²) in [6.07, 6.45) is 7.08. The Labute approximate surface area is 155 Å². The molecule has 0 aromatic heterocycles. The number of piperidine rings is 1. The molecular formula is C22H25N3O. The minimum Gasteiger partial charge on any atom is -0.292 e. The van der Waals surface area contributed by atoms with Gasteiger partial charge in [-0.3, -0.25) is 20.1 Å². The van der Waals surface area contributed by atoms with Gasteiger partial charge in [-0.15, -0.1) is 6.42 Å². The van der Waals surface area contributed by atoms with E-state index in [4.69, 9.17) is 6.42 Å². The lowest BCUT2D eigenvalue weighted by Crippen LogP contribution is -2.47. The number of carbonyl (C=O) groups is 1. The van der Waals surface area contributed by atoms with Crippen LogP contribution in [0.1, 0.15) is 18.4 Å². The number of anilines is 1. The standard InChI is InChI=1S/C22H25N3O/c1-2-15-24-16-13-20(14-17-24)22(26)23-25(21-11-7-4-8-12-21)18-19-9-5-3-6-10-19/h1,3-12,20H,13-18H2,(H,23,26). The Morgan fingerprint density at radius 1 is 1.08 bits per heavy atom. The van der Waals surface area contributed by atoms with Crippen molar-refractivity contribution in [3.8, 4) is 12.3 Å². The number of likely N-dealkylation sites (tertiary alicyclic amines) is 1. The van der Waals surface area contributed by atoms with E-state index in [9.17, 15) is 4.79 Å². The predicted octanol–water partition coefficient (Wildman–Crippen LogP) is 3.07. The van der Waals surface area contributed by atoms with E-state index in [1.165, 1.54) is 0 Å². The van der Waals surface area contributed by atoms with Crippen LogP contribution in [-0.4, -0.2) is 30.4 Å². The summed E-state index contributed by atoms with van der Waals surface area (Å²) in [5.41, 5.74) is 5.27. The second-order valence-corrected chi connectivity index (χ2v) is 6.64. The van der Waals surface area contributed by atoms with Gasteiger partial charge in [-0.1, -0.05) is 54.5 Å². The van der Waals surface area contributed by atoms with Gasteiger partial charge in [-0.2, -0.15) is 0 Å². The summed E-state index contributed by atoms with van der Waals surface area (Å²) in [6.45, 7) is 3.06. The lowest BCUT2D eigenvalue weighted by Gasteiger charge is -2.32. The molecule has 4 heteroatoms. The molecule has 4 nitrogen and oxygen atoms in total. The summed E-state index contributed by atoms with van der Waals surface area (Å²) >= 11 is 0. The topological polar surface area (TPSA) is 35.6 Å². The second kappa shape index (κ2) is 9.07. The molecule has 1 aliphatic rings. The zero-order valence-corrected chi connectivity index (χ0v) is 15.0. The van der Waals surface area contributed by atoms with E-state index in [2.05, 4.69) is 28.4 Å². The second-order valence-electron chi connectivity index (χ2n) is 6.64. The molecule has 2 aromatic carbocycles. The van der Waals surface area contributed by atoms with E-state index in [1.807, 2.05) is 53.5 Å². The van der Waals surface area contributed by atoms with Crippen molar-refractivity contribution in [2.24, 2.45) is 5.92 Å². The maximum absolute atomic E-state index is 12.8. The number of amides is 1. The Morgan fingerprint density at radius 2 is 1.69 bits per heavy atom. The first-order valence-electron chi connectivity index (χ1n) is 9.09. The van der Waals surface area contributed by atoms with Crippen molar-refractivity contribution in [2.45, 2.75) is 19.4 Å². The zero-order chi connectivity index (χ0) is 18.2. The number of hydrogen-bond donors (Lipinski definition) is 1. The van der Waals surface area contributed by atoms with Gasteiger partial charge in [-0.25, -0.2) is 0 Å². The van der Waals surface area contributed by atoms with Gasteiger partial charge in [-0.05, 0) is 43.6 Å². The summed E-state index contributed by atoms with van der Waals surface area (Å²) in [7, 11) is 0. The van der Waals surface area contributed by atoms with Crippen LogP contribution in [0, 0.1) is 18.3 Å². The molecule has 0 bridgehead atoms. The summed E-state index contributed by atoms with van der Waals surface area (Å²) in [5, 5.41) is 1.94. The van der Waals surface area contributed by atoms with Gasteiger partial charge < -0.3 is 0 Å². The first kappa shape index (κ1) is 18.0. The minimum atomic E-state index is 0.0333. The fourth-order valence-corrected chi connectivity index (χ4v) is 3.28. The van der Waals surface area contributed by atoms with E-state index >= 15 is 0 Å². The average Bonchev–Trinajstić information content (AvgIpc) is 2.70. The highest BCUT2D eigenvalue weighted by Crippen LogP contribution is 2.19. The number of rotatable bonds is 6. The third-order valence-electron chi connectivity index (χ3n) is 4.77. The first-order valence-corrected chi connectivity index (χ1v) is 9.09. The molecule has 1 fully saturated rings. The van der Waals surface area contributed by atoms with Crippen molar-refractivity contribution < 1.29 is 4.79 Å². The molecule has 1 heterocycles. The molecule has 0 aliphatic carbocycles. The van der Waals surface area contributed by atoms with Crippen LogP contribution in [0.2, 0.25) is 0 Å². The van der Waals surface area contributed by atoms with Crippen molar-refractivity contribution in [3.63, 3.8) is 0 Å². The molecule has 1 amide bonds. The third kappa shape index (κ3) is 4.87. The smallest absolute Gasteiger partial charge is 0.241 e. The number of hydrazine groups is 1. The molecule has 0 atom stereocenters. The Kier molecular flexibility index (Phi) is 6.29. The van der Waals surface area contributed by atoms with Gasteiger partial charge >= 0.3 is 0 Å². The molecule has 0 spiro atoms. The Balaban J connectivity index is 1.66. The van der Waals surface area contributed by atoms with Gasteiger partial charge in [0.2, 0.25) is 5.91 Å². The molecule has 26 heavy (non-hydrogen) atoms. The van der Waals surface area contributed by atoms with Crippen molar-refractivity contribution in [1.82, 2.24) is 10.3 Å². The number of nitrogens with one attached hydrogen (secondary N) is 1. The lowest BCUT2D eigenvalue weighted by molar-refractivity contribution is -0.126. The molecule has 2 aromatic rings. The lowest BCUT2D eigenvalue weighted by atomic mass is 9.96. The van der Waals surface area contributed by atoms with Gasteiger partial charge in [0.25, 0.3) is 0 Å². The van der Waals surface area contributed by atoms with Crippen molar-refractivity contribution >= 4 is 11.6 Å². The van der Waals surface area contributed by atoms with Gasteiger partial charge in [0.05, 0.1) is 18.8 Å². The quantitative estimate of drug-likeness (QED) is 0.644. The SMILES string of the molecule is C#CCN1CCC(C(=O)NN(Cc2ccccc2)c2ccccc2)CC1. The van der Waals surface area contributed by atoms with Crippen LogP contribution in [0.5, 0.6) is 0 Å². The molecular weight excluding hydrogens is 322 g/mol. The van der Waals surface area contributed by atoms with E-state index in [0.717, 1.165) is 37.2 Å². The normalized spacial score (nSPS) is 15.2. The summed E-state index contributed by atoms with van der Waals surface area (Å²) in [6, 6.07) is 20.1. The molecule has 1 saturated heterocycles. The van der Waals surface area contributed by atoms with Crippen LogP contribution in [-0.2, 0) is 11.3 Å². The predicted molar refractivity (Wildman–Crippen MR) is 105 cm³/mol. The summed E-state index contributed by atoms with van der Waals surface area (Å²) < 4.78 is 0. The number of hydrogen-bond acceptors (Lipinski definition) is 3. The van der Waals surface area contributed by atoms with Crippen LogP contribution in [0.4, 0.5) is 5.69 Å². The molecule has 0 radical (unpaired) electrons. The zero-order valence-electron chi connectivity index (χ0n) is 15.0. The molecule has 0 saturated carbocycles. The number of nitrogens with zero attached hydrogens (tertiary/aromatic N) is 2. The van der Waals surface area contributed by atoms with Gasteiger partial charge in [0.1, 0.15) is 0 Å². The highest BCUT2D eigenvalue weighted by Gasteiger charge is 2.26. The number of para-hydroxylation sites is 1. The summed E-state index contributed by atoms with van der Waals surface area (Å²) in [4.78, 5) is 15.0. The Hall–Kier alpha value is -2.77. The monoisotopic (exact) mass is 347 g/mol. The van der Waals surface area contributed by atoms with Crippen LogP contribution in [0.3, 0.4) is 0 Å². The van der Waals surface area contributed by atoms with E-state index in [-0.39, 0.29) is 11.8 Å². The summed E-state index contributed by atoms with van der Waals surface area (Å²) in [5.74, 6) is 2.80. The van der Waals surface area contributed by atoms with E-state index < -0.39 is 0 Å². The molecule has 1 aliphatic heterocycles. The fourth-order valence-electron chi connectivity index (χ4n) is 3.28.